The van der Waals surface area contributed by atoms with E-state index in [1.807, 2.05) is 30.3 Å². The summed E-state index contributed by atoms with van der Waals surface area (Å²) >= 11 is 6.28. The maximum Gasteiger partial charge on any atom is 0.340 e. The van der Waals surface area contributed by atoms with Crippen LogP contribution in [0.2, 0.25) is 5.02 Å². The Kier molecular flexibility index (Phi) is 5.94. The van der Waals surface area contributed by atoms with Crippen molar-refractivity contribution in [3.63, 3.8) is 0 Å². The minimum Gasteiger partial charge on any atom is -0.493 e. The summed E-state index contributed by atoms with van der Waals surface area (Å²) in [5.74, 6) is 0.876. The average Bonchev–Trinajstić information content (AvgIpc) is 3.13. The van der Waals surface area contributed by atoms with Crippen LogP contribution in [0.3, 0.4) is 0 Å². The van der Waals surface area contributed by atoms with Crippen LogP contribution in [0.4, 0.5) is 0 Å². The zero-order chi connectivity index (χ0) is 22.1. The highest BCUT2D eigenvalue weighted by Gasteiger charge is 2.33. The Morgan fingerprint density at radius 2 is 1.90 bits per heavy atom. The number of nitrogens with two attached hydrogens (primary N) is 1. The first-order valence-electron chi connectivity index (χ1n) is 10.2. The highest BCUT2D eigenvalue weighted by molar-refractivity contribution is 6.31. The van der Waals surface area contributed by atoms with Crippen molar-refractivity contribution in [3.05, 3.63) is 58.2 Å². The van der Waals surface area contributed by atoms with Gasteiger partial charge in [0.2, 0.25) is 0 Å². The summed E-state index contributed by atoms with van der Waals surface area (Å²) in [7, 11) is 3.21. The number of benzene rings is 2. The topological polar surface area (TPSA) is 75.7 Å². The lowest BCUT2D eigenvalue weighted by atomic mass is 9.93. The van der Waals surface area contributed by atoms with Gasteiger partial charge in [-0.25, -0.2) is 4.79 Å². The molecular weight excluding hydrogens is 416 g/mol. The molecule has 2 aromatic carbocycles. The molecule has 0 bridgehead atoms. The van der Waals surface area contributed by atoms with Crippen LogP contribution in [0.5, 0.6) is 11.5 Å². The largest absolute Gasteiger partial charge is 0.493 e. The van der Waals surface area contributed by atoms with Crippen molar-refractivity contribution in [2.75, 3.05) is 20.8 Å². The normalized spacial score (nSPS) is 12.2. The van der Waals surface area contributed by atoms with Crippen molar-refractivity contribution in [1.82, 2.24) is 4.57 Å². The molecule has 0 aliphatic carbocycles. The average molecular weight is 441 g/mol. The molecule has 0 saturated heterocycles. The molecule has 1 aliphatic heterocycles. The van der Waals surface area contributed by atoms with Crippen LogP contribution in [-0.4, -0.2) is 31.4 Å². The first-order valence-corrected chi connectivity index (χ1v) is 10.6. The molecule has 6 nitrogen and oxygen atoms in total. The van der Waals surface area contributed by atoms with Crippen molar-refractivity contribution in [2.45, 2.75) is 26.4 Å². The molecule has 3 aromatic rings. The number of halogens is 1. The van der Waals surface area contributed by atoms with E-state index in [9.17, 15) is 4.79 Å². The minimum atomic E-state index is -0.386. The lowest BCUT2D eigenvalue weighted by Gasteiger charge is -2.23. The van der Waals surface area contributed by atoms with Gasteiger partial charge in [-0.3, -0.25) is 0 Å². The van der Waals surface area contributed by atoms with Gasteiger partial charge in [0, 0.05) is 34.9 Å². The Bertz CT molecular complexity index is 1150. The van der Waals surface area contributed by atoms with E-state index in [2.05, 4.69) is 4.57 Å². The van der Waals surface area contributed by atoms with Crippen molar-refractivity contribution >= 4 is 17.6 Å². The number of carbonyl (C=O) groups is 1. The number of aromatic nitrogens is 1. The molecule has 2 heterocycles. The predicted molar refractivity (Wildman–Crippen MR) is 121 cm³/mol. The molecule has 7 heteroatoms. The number of rotatable bonds is 6. The van der Waals surface area contributed by atoms with E-state index >= 15 is 0 Å². The fraction of sp³-hybridized carbons (Fsp3) is 0.292. The zero-order valence-electron chi connectivity index (χ0n) is 17.8. The summed E-state index contributed by atoms with van der Waals surface area (Å²) in [6.45, 7) is 3.04. The Balaban J connectivity index is 2.08. The molecule has 1 aromatic heterocycles. The minimum absolute atomic E-state index is 0.273. The number of aryl methyl sites for hydroxylation is 1. The zero-order valence-corrected chi connectivity index (χ0v) is 18.6. The molecule has 0 fully saturated rings. The molecule has 0 spiro atoms. The summed E-state index contributed by atoms with van der Waals surface area (Å²) in [4.78, 5) is 13.2. The van der Waals surface area contributed by atoms with Crippen LogP contribution in [0, 0.1) is 0 Å². The van der Waals surface area contributed by atoms with E-state index in [1.165, 1.54) is 0 Å². The summed E-state index contributed by atoms with van der Waals surface area (Å²) in [6.07, 6.45) is 0.779. The van der Waals surface area contributed by atoms with Crippen LogP contribution >= 0.6 is 11.6 Å². The first kappa shape index (κ1) is 21.3. The highest BCUT2D eigenvalue weighted by atomic mass is 35.5. The van der Waals surface area contributed by atoms with E-state index in [0.717, 1.165) is 40.1 Å². The second-order valence-electron chi connectivity index (χ2n) is 7.25. The molecule has 0 saturated carbocycles. The standard InChI is InChI=1S/C24H25ClN2O4/c1-4-31-24(28)22-21(15-6-5-7-16(25)10-15)18(13-26)27-9-8-14-11-19(29-2)20(30-3)12-17(14)23(22)27/h5-7,10-12H,4,8-9,13,26H2,1-3H3. The number of hydrogen-bond acceptors (Lipinski definition) is 5. The summed E-state index contributed by atoms with van der Waals surface area (Å²) in [5.41, 5.74) is 12.0. The number of ether oxygens (including phenoxy) is 3. The number of carbonyl (C=O) groups excluding carboxylic acids is 1. The van der Waals surface area contributed by atoms with Gasteiger partial charge in [-0.05, 0) is 48.7 Å². The quantitative estimate of drug-likeness (QED) is 0.563. The summed E-state index contributed by atoms with van der Waals surface area (Å²) in [6, 6.07) is 11.3. The van der Waals surface area contributed by atoms with Crippen LogP contribution in [0.25, 0.3) is 22.4 Å². The lowest BCUT2D eigenvalue weighted by molar-refractivity contribution is 0.0528. The Hall–Kier alpha value is -2.96. The van der Waals surface area contributed by atoms with E-state index in [1.54, 1.807) is 27.2 Å². The van der Waals surface area contributed by atoms with Gasteiger partial charge in [0.05, 0.1) is 32.1 Å². The number of nitrogens with zero attached hydrogens (tertiary/aromatic N) is 1. The number of hydrogen-bond donors (Lipinski definition) is 1. The Labute approximate surface area is 186 Å². The van der Waals surface area contributed by atoms with Gasteiger partial charge in [-0.15, -0.1) is 0 Å². The van der Waals surface area contributed by atoms with Gasteiger partial charge in [-0.2, -0.15) is 0 Å². The highest BCUT2D eigenvalue weighted by Crippen LogP contribution is 2.45. The molecule has 0 unspecified atom stereocenters. The molecule has 0 atom stereocenters. The molecule has 0 amide bonds. The fourth-order valence-corrected chi connectivity index (χ4v) is 4.53. The van der Waals surface area contributed by atoms with Gasteiger partial charge in [0.15, 0.2) is 11.5 Å². The van der Waals surface area contributed by atoms with E-state index < -0.39 is 0 Å². The lowest BCUT2D eigenvalue weighted by Crippen LogP contribution is -2.16. The molecule has 1 aliphatic rings. The van der Waals surface area contributed by atoms with Crippen LogP contribution in [0.15, 0.2) is 36.4 Å². The summed E-state index contributed by atoms with van der Waals surface area (Å²) in [5, 5.41) is 0.589. The van der Waals surface area contributed by atoms with Crippen LogP contribution in [-0.2, 0) is 24.2 Å². The van der Waals surface area contributed by atoms with Crippen molar-refractivity contribution in [2.24, 2.45) is 5.73 Å². The smallest absolute Gasteiger partial charge is 0.340 e. The second-order valence-corrected chi connectivity index (χ2v) is 7.68. The molecule has 31 heavy (non-hydrogen) atoms. The number of esters is 1. The van der Waals surface area contributed by atoms with Gasteiger partial charge < -0.3 is 24.5 Å². The first-order chi connectivity index (χ1) is 15.0. The third-order valence-corrected chi connectivity index (χ3v) is 5.86. The van der Waals surface area contributed by atoms with Gasteiger partial charge >= 0.3 is 5.97 Å². The summed E-state index contributed by atoms with van der Waals surface area (Å²) < 4.78 is 18.6. The van der Waals surface area contributed by atoms with E-state index in [4.69, 9.17) is 31.5 Å². The Morgan fingerprint density at radius 3 is 2.55 bits per heavy atom. The van der Waals surface area contributed by atoms with Crippen LogP contribution < -0.4 is 15.2 Å². The molecular formula is C24H25ClN2O4. The van der Waals surface area contributed by atoms with E-state index in [-0.39, 0.29) is 19.1 Å². The van der Waals surface area contributed by atoms with Gasteiger partial charge in [-0.1, -0.05) is 23.7 Å². The van der Waals surface area contributed by atoms with Gasteiger partial charge in [0.25, 0.3) is 0 Å². The Morgan fingerprint density at radius 1 is 1.16 bits per heavy atom. The molecule has 2 N–H and O–H groups in total. The molecule has 4 rings (SSSR count). The number of methoxy groups -OCH3 is 2. The van der Waals surface area contributed by atoms with E-state index in [0.29, 0.717) is 28.6 Å². The van der Waals surface area contributed by atoms with Crippen molar-refractivity contribution < 1.29 is 19.0 Å². The van der Waals surface area contributed by atoms with Crippen LogP contribution in [0.1, 0.15) is 28.5 Å². The third kappa shape index (κ3) is 3.56. The second kappa shape index (κ2) is 8.65. The maximum atomic E-state index is 13.2. The number of fused-ring (bicyclic) bond motifs is 3. The SMILES string of the molecule is CCOC(=O)c1c(-c2cccc(Cl)c2)c(CN)n2c1-c1cc(OC)c(OC)cc1CC2. The fourth-order valence-electron chi connectivity index (χ4n) is 4.34. The third-order valence-electron chi connectivity index (χ3n) is 5.63. The molecule has 162 valence electrons. The van der Waals surface area contributed by atoms with Crippen molar-refractivity contribution in [1.29, 1.82) is 0 Å². The predicted octanol–water partition coefficient (Wildman–Crippen LogP) is 4.68. The van der Waals surface area contributed by atoms with Crippen molar-refractivity contribution in [3.8, 4) is 33.9 Å². The van der Waals surface area contributed by atoms with Gasteiger partial charge in [0.1, 0.15) is 0 Å². The monoisotopic (exact) mass is 440 g/mol. The molecule has 0 radical (unpaired) electrons. The maximum absolute atomic E-state index is 13.2.